The Morgan fingerprint density at radius 2 is 1.84 bits per heavy atom. The molecule has 3 heteroatoms. The maximum Gasteiger partial charge on any atom is 0.170 e. The van der Waals surface area contributed by atoms with E-state index in [1.165, 1.54) is 0 Å². The Morgan fingerprint density at radius 1 is 1.21 bits per heavy atom. The third-order valence-electron chi connectivity index (χ3n) is 2.62. The lowest BCUT2D eigenvalue weighted by Crippen LogP contribution is -2.22. The molecule has 0 radical (unpaired) electrons. The lowest BCUT2D eigenvalue weighted by molar-refractivity contribution is -0.113. The summed E-state index contributed by atoms with van der Waals surface area (Å²) in [7, 11) is 0. The zero-order valence-corrected chi connectivity index (χ0v) is 11.8. The number of nitrogens with one attached hydrogen (secondary N) is 1. The van der Waals surface area contributed by atoms with Crippen LogP contribution in [0.25, 0.3) is 0 Å². The van der Waals surface area contributed by atoms with Gasteiger partial charge >= 0.3 is 0 Å². The van der Waals surface area contributed by atoms with Crippen molar-refractivity contribution in [2.75, 3.05) is 0 Å². The van der Waals surface area contributed by atoms with Crippen molar-refractivity contribution in [3.8, 4) is 0 Å². The van der Waals surface area contributed by atoms with Gasteiger partial charge in [-0.05, 0) is 20.3 Å². The highest BCUT2D eigenvalue weighted by molar-refractivity contribution is 6.11. The molecule has 0 bridgehead atoms. The Balaban J connectivity index is 2.64. The number of carbonyl (C=O) groups is 2. The molecule has 0 unspecified atom stereocenters. The van der Waals surface area contributed by atoms with Crippen LogP contribution in [0, 0.1) is 0 Å². The van der Waals surface area contributed by atoms with Crippen LogP contribution in [-0.4, -0.2) is 17.6 Å². The molecule has 1 N–H and O–H groups in total. The van der Waals surface area contributed by atoms with Gasteiger partial charge in [0.2, 0.25) is 0 Å². The minimum absolute atomic E-state index is 0.0761. The largest absolute Gasteiger partial charge is 0.386 e. The summed E-state index contributed by atoms with van der Waals surface area (Å²) in [4.78, 5) is 23.7. The topological polar surface area (TPSA) is 46.2 Å². The molecule has 0 aliphatic rings. The average molecular weight is 259 g/mol. The number of hydrogen-bond donors (Lipinski definition) is 1. The standard InChI is InChI=1S/C16H21NO2/c1-4-14(17-12(2)3)10-15(18)11-16(19)13-8-6-5-7-9-13/h5-10,12,17H,4,11H2,1-3H3/b14-10-. The second-order valence-corrected chi connectivity index (χ2v) is 4.75. The van der Waals surface area contributed by atoms with Crippen molar-refractivity contribution in [1.82, 2.24) is 5.32 Å². The van der Waals surface area contributed by atoms with Crippen LogP contribution in [0.4, 0.5) is 0 Å². The maximum absolute atomic E-state index is 11.9. The van der Waals surface area contributed by atoms with Gasteiger partial charge in [-0.2, -0.15) is 0 Å². The molecule has 1 aromatic rings. The van der Waals surface area contributed by atoms with Gasteiger partial charge in [0.1, 0.15) is 0 Å². The summed E-state index contributed by atoms with van der Waals surface area (Å²) in [5.41, 5.74) is 1.46. The van der Waals surface area contributed by atoms with Crippen LogP contribution >= 0.6 is 0 Å². The smallest absolute Gasteiger partial charge is 0.170 e. The fourth-order valence-electron chi connectivity index (χ4n) is 1.75. The van der Waals surface area contributed by atoms with Gasteiger partial charge in [0.25, 0.3) is 0 Å². The summed E-state index contributed by atoms with van der Waals surface area (Å²) in [5, 5.41) is 3.20. The molecule has 0 heterocycles. The van der Waals surface area contributed by atoms with E-state index >= 15 is 0 Å². The number of rotatable bonds is 7. The van der Waals surface area contributed by atoms with Crippen molar-refractivity contribution >= 4 is 11.6 Å². The summed E-state index contributed by atoms with van der Waals surface area (Å²) >= 11 is 0. The molecule has 1 aromatic carbocycles. The fraction of sp³-hybridized carbons (Fsp3) is 0.375. The Labute approximate surface area is 114 Å². The first kappa shape index (κ1) is 15.2. The monoisotopic (exact) mass is 259 g/mol. The minimum atomic E-state index is -0.154. The molecular weight excluding hydrogens is 238 g/mol. The van der Waals surface area contributed by atoms with Crippen LogP contribution in [0.3, 0.4) is 0 Å². The van der Waals surface area contributed by atoms with Gasteiger partial charge in [0.15, 0.2) is 11.6 Å². The van der Waals surface area contributed by atoms with E-state index in [2.05, 4.69) is 5.32 Å². The molecule has 0 aliphatic heterocycles. The van der Waals surface area contributed by atoms with E-state index in [0.717, 1.165) is 12.1 Å². The van der Waals surface area contributed by atoms with Crippen molar-refractivity contribution in [3.05, 3.63) is 47.7 Å². The van der Waals surface area contributed by atoms with Crippen LogP contribution in [-0.2, 0) is 4.79 Å². The maximum atomic E-state index is 11.9. The van der Waals surface area contributed by atoms with Crippen LogP contribution in [0.5, 0.6) is 0 Å². The van der Waals surface area contributed by atoms with Crippen LogP contribution in [0.15, 0.2) is 42.1 Å². The van der Waals surface area contributed by atoms with Gasteiger partial charge in [-0.3, -0.25) is 9.59 Å². The van der Waals surface area contributed by atoms with E-state index in [9.17, 15) is 9.59 Å². The normalized spacial score (nSPS) is 11.5. The highest BCUT2D eigenvalue weighted by atomic mass is 16.1. The Morgan fingerprint density at radius 3 is 2.37 bits per heavy atom. The number of Topliss-reactive ketones (excluding diaryl/α,β-unsaturated/α-hetero) is 1. The van der Waals surface area contributed by atoms with Crippen LogP contribution < -0.4 is 5.32 Å². The second kappa shape index (κ2) is 7.52. The minimum Gasteiger partial charge on any atom is -0.386 e. The number of hydrogen-bond acceptors (Lipinski definition) is 3. The van der Waals surface area contributed by atoms with Crippen molar-refractivity contribution in [2.45, 2.75) is 39.7 Å². The summed E-state index contributed by atoms with van der Waals surface area (Å²) < 4.78 is 0. The molecule has 0 saturated carbocycles. The van der Waals surface area contributed by atoms with E-state index in [4.69, 9.17) is 0 Å². The lowest BCUT2D eigenvalue weighted by Gasteiger charge is -2.12. The quantitative estimate of drug-likeness (QED) is 0.465. The zero-order valence-electron chi connectivity index (χ0n) is 11.8. The number of ketones is 2. The molecule has 0 amide bonds. The van der Waals surface area contributed by atoms with Crippen molar-refractivity contribution in [3.63, 3.8) is 0 Å². The average Bonchev–Trinajstić information content (AvgIpc) is 2.38. The molecule has 1 rings (SSSR count). The van der Waals surface area contributed by atoms with E-state index in [-0.39, 0.29) is 24.0 Å². The highest BCUT2D eigenvalue weighted by Crippen LogP contribution is 2.06. The first-order valence-corrected chi connectivity index (χ1v) is 6.61. The van der Waals surface area contributed by atoms with Gasteiger partial charge in [-0.1, -0.05) is 37.3 Å². The van der Waals surface area contributed by atoms with E-state index in [1.54, 1.807) is 30.3 Å². The molecule has 0 aliphatic carbocycles. The number of benzene rings is 1. The lowest BCUT2D eigenvalue weighted by atomic mass is 10.1. The Bertz CT molecular complexity index is 461. The first-order valence-electron chi connectivity index (χ1n) is 6.61. The molecule has 0 atom stereocenters. The summed E-state index contributed by atoms with van der Waals surface area (Å²) in [6.07, 6.45) is 2.22. The molecular formula is C16H21NO2. The van der Waals surface area contributed by atoms with Gasteiger partial charge in [-0.25, -0.2) is 0 Å². The SMILES string of the molecule is CC/C(=C/C(=O)CC(=O)c1ccccc1)NC(C)C. The molecule has 19 heavy (non-hydrogen) atoms. The molecule has 0 fully saturated rings. The zero-order chi connectivity index (χ0) is 14.3. The number of carbonyl (C=O) groups excluding carboxylic acids is 2. The molecule has 102 valence electrons. The fourth-order valence-corrected chi connectivity index (χ4v) is 1.75. The Hall–Kier alpha value is -1.90. The van der Waals surface area contributed by atoms with Gasteiger partial charge in [0.05, 0.1) is 6.42 Å². The molecule has 0 aromatic heterocycles. The Kier molecular flexibility index (Phi) is 6.00. The predicted molar refractivity (Wildman–Crippen MR) is 77.0 cm³/mol. The van der Waals surface area contributed by atoms with Crippen LogP contribution in [0.1, 0.15) is 44.0 Å². The van der Waals surface area contributed by atoms with Crippen molar-refractivity contribution in [1.29, 1.82) is 0 Å². The number of allylic oxidation sites excluding steroid dienone is 2. The summed E-state index contributed by atoms with van der Waals surface area (Å²) in [6, 6.07) is 9.18. The van der Waals surface area contributed by atoms with Crippen molar-refractivity contribution in [2.24, 2.45) is 0 Å². The summed E-state index contributed by atoms with van der Waals surface area (Å²) in [6.45, 7) is 6.01. The molecule has 0 spiro atoms. The first-order chi connectivity index (χ1) is 9.02. The third kappa shape index (κ3) is 5.51. The van der Waals surface area contributed by atoms with E-state index in [1.807, 2.05) is 26.8 Å². The van der Waals surface area contributed by atoms with Crippen LogP contribution in [0.2, 0.25) is 0 Å². The third-order valence-corrected chi connectivity index (χ3v) is 2.62. The van der Waals surface area contributed by atoms with E-state index < -0.39 is 0 Å². The van der Waals surface area contributed by atoms with Crippen molar-refractivity contribution < 1.29 is 9.59 Å². The second-order valence-electron chi connectivity index (χ2n) is 4.75. The van der Waals surface area contributed by atoms with E-state index in [0.29, 0.717) is 5.56 Å². The molecule has 3 nitrogen and oxygen atoms in total. The van der Waals surface area contributed by atoms with Gasteiger partial charge in [-0.15, -0.1) is 0 Å². The molecule has 0 saturated heterocycles. The highest BCUT2D eigenvalue weighted by Gasteiger charge is 2.10. The van der Waals surface area contributed by atoms with Gasteiger partial charge in [0, 0.05) is 23.4 Å². The predicted octanol–water partition coefficient (Wildman–Crippen LogP) is 3.12. The van der Waals surface area contributed by atoms with Gasteiger partial charge < -0.3 is 5.32 Å². The summed E-state index contributed by atoms with van der Waals surface area (Å²) in [5.74, 6) is -0.291.